The maximum Gasteiger partial charge on any atom is 0.231 e. The number of aromatic nitrogens is 3. The molecule has 8 heteroatoms. The number of nitrogens with one attached hydrogen (secondary N) is 1. The standard InChI is InChI=1S/C17H18ClN5OS/c1-11-3-6-13(7-14(11)18)23-10-20-22-16(23)25-8-15(24)21-17(2,9-19)12-4-5-12/h3,6-7,10,12H,4-5,8H2,1-2H3,(H,21,24). The molecule has 25 heavy (non-hydrogen) atoms. The largest absolute Gasteiger partial charge is 0.337 e. The molecule has 1 saturated carbocycles. The lowest BCUT2D eigenvalue weighted by molar-refractivity contribution is -0.119. The fraction of sp³-hybridized carbons (Fsp3) is 0.412. The lowest BCUT2D eigenvalue weighted by atomic mass is 9.98. The minimum absolute atomic E-state index is 0.169. The van der Waals surface area contributed by atoms with Crippen molar-refractivity contribution in [1.82, 2.24) is 20.1 Å². The molecule has 0 aliphatic heterocycles. The molecule has 1 atom stereocenters. The number of rotatable bonds is 6. The zero-order chi connectivity index (χ0) is 18.0. The molecule has 1 heterocycles. The van der Waals surface area contributed by atoms with Crippen molar-refractivity contribution < 1.29 is 4.79 Å². The first-order chi connectivity index (χ1) is 11.9. The predicted octanol–water partition coefficient (Wildman–Crippen LogP) is 3.13. The quantitative estimate of drug-likeness (QED) is 0.784. The maximum atomic E-state index is 12.2. The third-order valence-corrected chi connectivity index (χ3v) is 5.66. The zero-order valence-corrected chi connectivity index (χ0v) is 15.6. The summed E-state index contributed by atoms with van der Waals surface area (Å²) in [5, 5.41) is 21.4. The topological polar surface area (TPSA) is 83.6 Å². The number of benzene rings is 1. The van der Waals surface area contributed by atoms with E-state index in [0.29, 0.717) is 10.2 Å². The van der Waals surface area contributed by atoms with Crippen LogP contribution in [0.5, 0.6) is 0 Å². The van der Waals surface area contributed by atoms with E-state index in [9.17, 15) is 10.1 Å². The van der Waals surface area contributed by atoms with Crippen molar-refractivity contribution in [3.8, 4) is 11.8 Å². The number of carbonyl (C=O) groups excluding carboxylic acids is 1. The third kappa shape index (κ3) is 3.97. The van der Waals surface area contributed by atoms with E-state index >= 15 is 0 Å². The Labute approximate surface area is 155 Å². The summed E-state index contributed by atoms with van der Waals surface area (Å²) in [4.78, 5) is 12.2. The molecule has 0 bridgehead atoms. The number of hydrogen-bond donors (Lipinski definition) is 1. The average Bonchev–Trinajstić information content (AvgIpc) is 3.35. The van der Waals surface area contributed by atoms with E-state index in [1.165, 1.54) is 11.8 Å². The SMILES string of the molecule is Cc1ccc(-n2cnnc2SCC(=O)NC(C)(C#N)C2CC2)cc1Cl. The van der Waals surface area contributed by atoms with E-state index in [1.807, 2.05) is 25.1 Å². The van der Waals surface area contributed by atoms with Crippen molar-refractivity contribution in [2.24, 2.45) is 5.92 Å². The summed E-state index contributed by atoms with van der Waals surface area (Å²) in [6.45, 7) is 3.72. The van der Waals surface area contributed by atoms with Gasteiger partial charge in [0, 0.05) is 5.02 Å². The molecule has 130 valence electrons. The summed E-state index contributed by atoms with van der Waals surface area (Å²) < 4.78 is 1.79. The summed E-state index contributed by atoms with van der Waals surface area (Å²) >= 11 is 7.45. The van der Waals surface area contributed by atoms with Crippen LogP contribution in [0.1, 0.15) is 25.3 Å². The number of nitrogens with zero attached hydrogens (tertiary/aromatic N) is 4. The molecule has 2 aromatic rings. The Hall–Kier alpha value is -2.04. The third-order valence-electron chi connectivity index (χ3n) is 4.31. The van der Waals surface area contributed by atoms with E-state index in [2.05, 4.69) is 21.6 Å². The molecular formula is C17H18ClN5OS. The summed E-state index contributed by atoms with van der Waals surface area (Å²) in [5.41, 5.74) is 1.04. The number of halogens is 1. The summed E-state index contributed by atoms with van der Waals surface area (Å²) in [6.07, 6.45) is 3.56. The van der Waals surface area contributed by atoms with Gasteiger partial charge in [0.2, 0.25) is 5.91 Å². The Morgan fingerprint density at radius 1 is 1.56 bits per heavy atom. The first-order valence-corrected chi connectivity index (χ1v) is 9.31. The van der Waals surface area contributed by atoms with E-state index in [4.69, 9.17) is 11.6 Å². The van der Waals surface area contributed by atoms with Gasteiger partial charge in [0.25, 0.3) is 0 Å². The van der Waals surface area contributed by atoms with Crippen LogP contribution >= 0.6 is 23.4 Å². The van der Waals surface area contributed by atoms with Crippen molar-refractivity contribution in [1.29, 1.82) is 5.26 Å². The Morgan fingerprint density at radius 3 is 2.96 bits per heavy atom. The number of amides is 1. The highest BCUT2D eigenvalue weighted by Crippen LogP contribution is 2.39. The second-order valence-electron chi connectivity index (χ2n) is 6.34. The van der Waals surface area contributed by atoms with Crippen molar-refractivity contribution in [3.05, 3.63) is 35.1 Å². The van der Waals surface area contributed by atoms with Crippen LogP contribution in [0.4, 0.5) is 0 Å². The second-order valence-corrected chi connectivity index (χ2v) is 7.69. The van der Waals surface area contributed by atoms with E-state index < -0.39 is 5.54 Å². The van der Waals surface area contributed by atoms with Crippen LogP contribution in [0.2, 0.25) is 5.02 Å². The van der Waals surface area contributed by atoms with Crippen molar-refractivity contribution in [2.75, 3.05) is 5.75 Å². The zero-order valence-electron chi connectivity index (χ0n) is 14.0. The van der Waals surface area contributed by atoms with Crippen LogP contribution in [0, 0.1) is 24.2 Å². The number of nitriles is 1. The van der Waals surface area contributed by atoms with Gasteiger partial charge in [0.1, 0.15) is 11.9 Å². The lowest BCUT2D eigenvalue weighted by Crippen LogP contribution is -2.47. The number of hydrogen-bond acceptors (Lipinski definition) is 5. The minimum atomic E-state index is -0.782. The van der Waals surface area contributed by atoms with Crippen molar-refractivity contribution in [2.45, 2.75) is 37.4 Å². The van der Waals surface area contributed by atoms with Crippen LogP contribution in [0.15, 0.2) is 29.7 Å². The van der Waals surface area contributed by atoms with Crippen molar-refractivity contribution in [3.63, 3.8) is 0 Å². The van der Waals surface area contributed by atoms with Gasteiger partial charge in [-0.3, -0.25) is 9.36 Å². The molecule has 0 saturated heterocycles. The van der Waals surface area contributed by atoms with Gasteiger partial charge < -0.3 is 5.32 Å². The number of thioether (sulfide) groups is 1. The van der Waals surface area contributed by atoms with Crippen LogP contribution in [-0.4, -0.2) is 32.0 Å². The Kier molecular flexibility index (Phi) is 5.02. The molecule has 1 N–H and O–H groups in total. The van der Waals surface area contributed by atoms with E-state index in [-0.39, 0.29) is 17.6 Å². The van der Waals surface area contributed by atoms with Gasteiger partial charge in [0.05, 0.1) is 17.5 Å². The van der Waals surface area contributed by atoms with Crippen LogP contribution in [-0.2, 0) is 4.79 Å². The monoisotopic (exact) mass is 375 g/mol. The molecule has 3 rings (SSSR count). The van der Waals surface area contributed by atoms with Gasteiger partial charge in [-0.25, -0.2) is 0 Å². The fourth-order valence-electron chi connectivity index (χ4n) is 2.57. The Bertz CT molecular complexity index is 842. The Morgan fingerprint density at radius 2 is 2.32 bits per heavy atom. The lowest BCUT2D eigenvalue weighted by Gasteiger charge is -2.22. The highest BCUT2D eigenvalue weighted by atomic mass is 35.5. The molecule has 1 aliphatic rings. The second kappa shape index (κ2) is 7.06. The molecule has 1 fully saturated rings. The molecule has 1 aliphatic carbocycles. The normalized spacial score (nSPS) is 16.1. The number of aryl methyl sites for hydroxylation is 1. The molecule has 1 unspecified atom stereocenters. The predicted molar refractivity (Wildman–Crippen MR) is 96.7 cm³/mol. The van der Waals surface area contributed by atoms with Gasteiger partial charge >= 0.3 is 0 Å². The van der Waals surface area contributed by atoms with Crippen LogP contribution in [0.25, 0.3) is 5.69 Å². The minimum Gasteiger partial charge on any atom is -0.337 e. The fourth-order valence-corrected chi connectivity index (χ4v) is 3.47. The molecule has 1 aromatic heterocycles. The molecular weight excluding hydrogens is 358 g/mol. The Balaban J connectivity index is 1.66. The summed E-state index contributed by atoms with van der Waals surface area (Å²) in [7, 11) is 0. The van der Waals surface area contributed by atoms with Crippen LogP contribution in [0.3, 0.4) is 0 Å². The van der Waals surface area contributed by atoms with Crippen LogP contribution < -0.4 is 5.32 Å². The van der Waals surface area contributed by atoms with E-state index in [1.54, 1.807) is 17.8 Å². The molecule has 6 nitrogen and oxygen atoms in total. The first kappa shape index (κ1) is 17.8. The molecule has 0 radical (unpaired) electrons. The van der Waals surface area contributed by atoms with Gasteiger partial charge in [-0.05, 0) is 50.3 Å². The number of carbonyl (C=O) groups is 1. The highest BCUT2D eigenvalue weighted by molar-refractivity contribution is 7.99. The van der Waals surface area contributed by atoms with Gasteiger partial charge in [0.15, 0.2) is 5.16 Å². The van der Waals surface area contributed by atoms with Gasteiger partial charge in [-0.1, -0.05) is 29.4 Å². The molecule has 1 aromatic carbocycles. The maximum absolute atomic E-state index is 12.2. The smallest absolute Gasteiger partial charge is 0.231 e. The molecule has 1 amide bonds. The highest BCUT2D eigenvalue weighted by Gasteiger charge is 2.42. The summed E-state index contributed by atoms with van der Waals surface area (Å²) in [6, 6.07) is 7.91. The van der Waals surface area contributed by atoms with E-state index in [0.717, 1.165) is 24.1 Å². The van der Waals surface area contributed by atoms with Gasteiger partial charge in [-0.2, -0.15) is 5.26 Å². The molecule has 0 spiro atoms. The first-order valence-electron chi connectivity index (χ1n) is 7.94. The average molecular weight is 376 g/mol. The summed E-state index contributed by atoms with van der Waals surface area (Å²) in [5.74, 6) is 0.240. The van der Waals surface area contributed by atoms with Crippen molar-refractivity contribution >= 4 is 29.3 Å². The van der Waals surface area contributed by atoms with Gasteiger partial charge in [-0.15, -0.1) is 10.2 Å².